The lowest BCUT2D eigenvalue weighted by atomic mass is 10.2. The van der Waals surface area contributed by atoms with Gasteiger partial charge in [0.05, 0.1) is 7.11 Å². The second-order valence-corrected chi connectivity index (χ2v) is 3.70. The number of hydrogen-bond acceptors (Lipinski definition) is 3. The van der Waals surface area contributed by atoms with Gasteiger partial charge >= 0.3 is 12.0 Å². The minimum atomic E-state index is -1.08. The maximum atomic E-state index is 11.4. The number of rotatable bonds is 5. The van der Waals surface area contributed by atoms with Crippen LogP contribution >= 0.6 is 0 Å². The number of carboxylic acids is 1. The first kappa shape index (κ1) is 13.8. The van der Waals surface area contributed by atoms with Crippen LogP contribution in [0.5, 0.6) is 5.75 Å². The number of carbonyl (C=O) groups excluding carboxylic acids is 1. The second kappa shape index (κ2) is 6.48. The van der Waals surface area contributed by atoms with Crippen LogP contribution in [0.25, 0.3) is 0 Å². The number of aliphatic carboxylic acids is 1. The third-order valence-electron chi connectivity index (χ3n) is 2.35. The van der Waals surface area contributed by atoms with Gasteiger partial charge in [-0.1, -0.05) is 18.2 Å². The van der Waals surface area contributed by atoms with Crippen LogP contribution in [0.2, 0.25) is 0 Å². The van der Waals surface area contributed by atoms with E-state index in [4.69, 9.17) is 9.84 Å². The molecule has 0 heterocycles. The number of ether oxygens (including phenoxy) is 1. The number of nitrogens with one attached hydrogen (secondary N) is 2. The Kier molecular flexibility index (Phi) is 4.98. The summed E-state index contributed by atoms with van der Waals surface area (Å²) in [5.41, 5.74) is 0.818. The third-order valence-corrected chi connectivity index (χ3v) is 2.35. The van der Waals surface area contributed by atoms with Crippen molar-refractivity contribution in [2.24, 2.45) is 0 Å². The van der Waals surface area contributed by atoms with Gasteiger partial charge in [-0.2, -0.15) is 0 Å². The smallest absolute Gasteiger partial charge is 0.325 e. The molecule has 0 aliphatic heterocycles. The summed E-state index contributed by atoms with van der Waals surface area (Å²) < 4.78 is 5.13. The molecule has 0 aliphatic rings. The molecule has 0 saturated heterocycles. The zero-order chi connectivity index (χ0) is 13.5. The van der Waals surface area contributed by atoms with Gasteiger partial charge in [0.2, 0.25) is 0 Å². The average Bonchev–Trinajstić information content (AvgIpc) is 2.36. The Morgan fingerprint density at radius 1 is 1.39 bits per heavy atom. The van der Waals surface area contributed by atoms with Crippen LogP contribution in [0, 0.1) is 0 Å². The van der Waals surface area contributed by atoms with E-state index in [-0.39, 0.29) is 6.54 Å². The highest BCUT2D eigenvalue weighted by Gasteiger charge is 2.13. The predicted molar refractivity (Wildman–Crippen MR) is 65.5 cm³/mol. The molecule has 2 amide bonds. The van der Waals surface area contributed by atoms with Crippen molar-refractivity contribution >= 4 is 12.0 Å². The molecule has 1 aromatic rings. The lowest BCUT2D eigenvalue weighted by Crippen LogP contribution is -2.44. The van der Waals surface area contributed by atoms with E-state index >= 15 is 0 Å². The highest BCUT2D eigenvalue weighted by molar-refractivity contribution is 5.82. The minimum Gasteiger partial charge on any atom is -0.496 e. The molecule has 0 aromatic heterocycles. The first-order valence-corrected chi connectivity index (χ1v) is 5.43. The summed E-state index contributed by atoms with van der Waals surface area (Å²) in [7, 11) is 1.55. The van der Waals surface area contributed by atoms with Gasteiger partial charge in [-0.05, 0) is 13.0 Å². The van der Waals surface area contributed by atoms with Crippen LogP contribution in [0.15, 0.2) is 24.3 Å². The van der Waals surface area contributed by atoms with Crippen molar-refractivity contribution in [1.29, 1.82) is 0 Å². The molecule has 0 radical (unpaired) electrons. The third kappa shape index (κ3) is 3.97. The number of methoxy groups -OCH3 is 1. The highest BCUT2D eigenvalue weighted by atomic mass is 16.5. The first-order valence-electron chi connectivity index (χ1n) is 5.43. The Morgan fingerprint density at radius 2 is 2.06 bits per heavy atom. The summed E-state index contributed by atoms with van der Waals surface area (Å²) in [6.07, 6.45) is 0. The topological polar surface area (TPSA) is 87.7 Å². The molecule has 0 saturated carbocycles. The van der Waals surface area contributed by atoms with E-state index in [0.29, 0.717) is 5.75 Å². The van der Waals surface area contributed by atoms with E-state index in [0.717, 1.165) is 5.56 Å². The van der Waals surface area contributed by atoms with Crippen LogP contribution in [0.1, 0.15) is 12.5 Å². The molecular formula is C12H16N2O4. The lowest BCUT2D eigenvalue weighted by Gasteiger charge is -2.12. The summed E-state index contributed by atoms with van der Waals surface area (Å²) in [4.78, 5) is 22.0. The van der Waals surface area contributed by atoms with E-state index in [1.165, 1.54) is 6.92 Å². The van der Waals surface area contributed by atoms with Crippen molar-refractivity contribution in [2.45, 2.75) is 19.5 Å². The van der Waals surface area contributed by atoms with Gasteiger partial charge in [-0.25, -0.2) is 4.79 Å². The number of amides is 2. The summed E-state index contributed by atoms with van der Waals surface area (Å²) >= 11 is 0. The molecule has 6 heteroatoms. The van der Waals surface area contributed by atoms with Gasteiger partial charge in [0.1, 0.15) is 11.8 Å². The van der Waals surface area contributed by atoms with Crippen molar-refractivity contribution < 1.29 is 19.4 Å². The average molecular weight is 252 g/mol. The maximum Gasteiger partial charge on any atom is 0.325 e. The van der Waals surface area contributed by atoms with Gasteiger partial charge in [-0.15, -0.1) is 0 Å². The van der Waals surface area contributed by atoms with Crippen LogP contribution < -0.4 is 15.4 Å². The number of benzene rings is 1. The normalized spacial score (nSPS) is 11.4. The van der Waals surface area contributed by atoms with E-state index in [2.05, 4.69) is 10.6 Å². The Morgan fingerprint density at radius 3 is 2.67 bits per heavy atom. The number of carboxylic acid groups (broad SMARTS) is 1. The molecule has 1 unspecified atom stereocenters. The molecule has 0 fully saturated rings. The monoisotopic (exact) mass is 252 g/mol. The summed E-state index contributed by atoms with van der Waals surface area (Å²) in [6.45, 7) is 1.66. The quantitative estimate of drug-likeness (QED) is 0.728. The molecular weight excluding hydrogens is 236 g/mol. The van der Waals surface area contributed by atoms with E-state index < -0.39 is 18.0 Å². The summed E-state index contributed by atoms with van der Waals surface area (Å²) in [6, 6.07) is 5.80. The van der Waals surface area contributed by atoms with Gasteiger partial charge in [-0.3, -0.25) is 4.79 Å². The summed E-state index contributed by atoms with van der Waals surface area (Å²) in [5.74, 6) is -0.411. The number of urea groups is 1. The standard InChI is InChI=1S/C12H16N2O4/c1-8(11(15)16)14-12(17)13-7-9-5-3-4-6-10(9)18-2/h3-6,8H,7H2,1-2H3,(H,15,16)(H2,13,14,17). The molecule has 3 N–H and O–H groups in total. The Hall–Kier alpha value is -2.24. The highest BCUT2D eigenvalue weighted by Crippen LogP contribution is 2.16. The van der Waals surface area contributed by atoms with Gasteiger partial charge < -0.3 is 20.5 Å². The fraction of sp³-hybridized carbons (Fsp3) is 0.333. The molecule has 1 rings (SSSR count). The Labute approximate surface area is 105 Å². The lowest BCUT2D eigenvalue weighted by molar-refractivity contribution is -0.138. The molecule has 0 spiro atoms. The molecule has 1 atom stereocenters. The SMILES string of the molecule is COc1ccccc1CNC(=O)NC(C)C(=O)O. The molecule has 0 bridgehead atoms. The van der Waals surface area contributed by atoms with E-state index in [1.54, 1.807) is 13.2 Å². The van der Waals surface area contributed by atoms with Crippen molar-refractivity contribution in [3.63, 3.8) is 0 Å². The van der Waals surface area contributed by atoms with Gasteiger partial charge in [0.25, 0.3) is 0 Å². The molecule has 1 aromatic carbocycles. The van der Waals surface area contributed by atoms with Crippen LogP contribution in [-0.4, -0.2) is 30.3 Å². The molecule has 18 heavy (non-hydrogen) atoms. The zero-order valence-electron chi connectivity index (χ0n) is 10.3. The predicted octanol–water partition coefficient (Wildman–Crippen LogP) is 0.968. The van der Waals surface area contributed by atoms with Crippen LogP contribution in [-0.2, 0) is 11.3 Å². The zero-order valence-corrected chi connectivity index (χ0v) is 10.3. The fourth-order valence-electron chi connectivity index (χ4n) is 1.33. The van der Waals surface area contributed by atoms with E-state index in [1.807, 2.05) is 18.2 Å². The van der Waals surface area contributed by atoms with Crippen molar-refractivity contribution in [1.82, 2.24) is 10.6 Å². The van der Waals surface area contributed by atoms with Crippen molar-refractivity contribution in [3.8, 4) is 5.75 Å². The number of para-hydroxylation sites is 1. The van der Waals surface area contributed by atoms with Crippen LogP contribution in [0.4, 0.5) is 4.79 Å². The van der Waals surface area contributed by atoms with Crippen molar-refractivity contribution in [2.75, 3.05) is 7.11 Å². The fourth-order valence-corrected chi connectivity index (χ4v) is 1.33. The van der Waals surface area contributed by atoms with Gasteiger partial charge in [0, 0.05) is 12.1 Å². The number of hydrogen-bond donors (Lipinski definition) is 3. The van der Waals surface area contributed by atoms with Crippen LogP contribution in [0.3, 0.4) is 0 Å². The first-order chi connectivity index (χ1) is 8.54. The molecule has 0 aliphatic carbocycles. The summed E-state index contributed by atoms with van der Waals surface area (Å²) in [5, 5.41) is 13.5. The Bertz CT molecular complexity index is 434. The Balaban J connectivity index is 2.50. The largest absolute Gasteiger partial charge is 0.496 e. The molecule has 98 valence electrons. The second-order valence-electron chi connectivity index (χ2n) is 3.70. The van der Waals surface area contributed by atoms with Crippen molar-refractivity contribution in [3.05, 3.63) is 29.8 Å². The van der Waals surface area contributed by atoms with E-state index in [9.17, 15) is 9.59 Å². The maximum absolute atomic E-state index is 11.4. The van der Waals surface area contributed by atoms with Gasteiger partial charge in [0.15, 0.2) is 0 Å². The molecule has 6 nitrogen and oxygen atoms in total. The minimum absolute atomic E-state index is 0.266. The number of carbonyl (C=O) groups is 2.